The van der Waals surface area contributed by atoms with E-state index >= 15 is 0 Å². The maximum atomic E-state index is 14.6. The summed E-state index contributed by atoms with van der Waals surface area (Å²) < 4.78 is 27.3. The molecule has 1 aliphatic heterocycles. The molecule has 1 unspecified atom stereocenters. The van der Waals surface area contributed by atoms with Crippen molar-refractivity contribution in [1.82, 2.24) is 19.3 Å². The van der Waals surface area contributed by atoms with Crippen LogP contribution in [-0.4, -0.2) is 56.2 Å². The van der Waals surface area contributed by atoms with Gasteiger partial charge in [0.05, 0.1) is 29.9 Å². The Morgan fingerprint density at radius 2 is 2.09 bits per heavy atom. The van der Waals surface area contributed by atoms with Crippen LogP contribution in [0.2, 0.25) is 0 Å². The maximum Gasteiger partial charge on any atom is 0.410 e. The van der Waals surface area contributed by atoms with Crippen LogP contribution < -0.4 is 10.1 Å². The van der Waals surface area contributed by atoms with Gasteiger partial charge in [0.25, 0.3) is 0 Å². The molecule has 4 rings (SSSR count). The molecule has 0 bridgehead atoms. The van der Waals surface area contributed by atoms with Crippen molar-refractivity contribution >= 4 is 17.6 Å². The zero-order chi connectivity index (χ0) is 24.5. The maximum absolute atomic E-state index is 14.6. The number of piperidine rings is 1. The number of nitrogens with zero attached hydrogens (tertiary/aromatic N) is 4. The summed E-state index contributed by atoms with van der Waals surface area (Å²) in [5.41, 5.74) is 1.39. The molecule has 0 radical (unpaired) electrons. The number of fused-ring (bicyclic) bond motifs is 1. The van der Waals surface area contributed by atoms with Crippen molar-refractivity contribution < 1.29 is 18.7 Å². The van der Waals surface area contributed by atoms with Crippen LogP contribution in [0.3, 0.4) is 0 Å². The molecule has 0 aliphatic carbocycles. The number of carbonyl (C=O) groups excluding carboxylic acids is 1. The fraction of sp³-hybridized carbons (Fsp3) is 0.480. The third-order valence-corrected chi connectivity index (χ3v) is 5.36. The molecule has 1 amide bonds. The van der Waals surface area contributed by atoms with Crippen LogP contribution in [0.1, 0.15) is 47.5 Å². The highest BCUT2D eigenvalue weighted by Crippen LogP contribution is 2.26. The van der Waals surface area contributed by atoms with Crippen LogP contribution in [0.4, 0.5) is 15.0 Å². The van der Waals surface area contributed by atoms with E-state index in [1.807, 2.05) is 52.8 Å². The van der Waals surface area contributed by atoms with Crippen LogP contribution in [0.5, 0.6) is 5.75 Å². The van der Waals surface area contributed by atoms with Crippen LogP contribution in [0, 0.1) is 5.82 Å². The molecule has 4 heterocycles. The number of ether oxygens (including phenoxy) is 2. The first-order valence-electron chi connectivity index (χ1n) is 11.6. The van der Waals surface area contributed by atoms with Gasteiger partial charge in [0.1, 0.15) is 17.1 Å². The third-order valence-electron chi connectivity index (χ3n) is 5.36. The van der Waals surface area contributed by atoms with Gasteiger partial charge in [-0.15, -0.1) is 0 Å². The Balaban J connectivity index is 1.51. The van der Waals surface area contributed by atoms with Gasteiger partial charge in [-0.3, -0.25) is 4.40 Å². The van der Waals surface area contributed by atoms with E-state index in [0.717, 1.165) is 12.8 Å². The molecule has 0 spiro atoms. The number of pyridine rings is 2. The summed E-state index contributed by atoms with van der Waals surface area (Å²) in [6, 6.07) is 7.28. The van der Waals surface area contributed by atoms with Gasteiger partial charge in [0.15, 0.2) is 11.6 Å². The molecule has 0 aromatic carbocycles. The number of anilines is 1. The number of hydrogen-bond donors (Lipinski definition) is 1. The number of hydrogen-bond acceptors (Lipinski definition) is 6. The second-order valence-corrected chi connectivity index (χ2v) is 9.84. The van der Waals surface area contributed by atoms with Gasteiger partial charge < -0.3 is 19.7 Å². The van der Waals surface area contributed by atoms with Crippen LogP contribution in [0.25, 0.3) is 17.0 Å². The van der Waals surface area contributed by atoms with E-state index in [-0.39, 0.29) is 24.0 Å². The predicted octanol–water partition coefficient (Wildman–Crippen LogP) is 5.13. The monoisotopic (exact) mass is 469 g/mol. The molecule has 1 fully saturated rings. The van der Waals surface area contributed by atoms with Crippen molar-refractivity contribution in [2.24, 2.45) is 0 Å². The van der Waals surface area contributed by atoms with Gasteiger partial charge in [0.2, 0.25) is 0 Å². The van der Waals surface area contributed by atoms with Gasteiger partial charge in [-0.25, -0.2) is 19.2 Å². The Bertz CT molecular complexity index is 1170. The minimum Gasteiger partial charge on any atom is -0.488 e. The highest BCUT2D eigenvalue weighted by molar-refractivity contribution is 5.68. The highest BCUT2D eigenvalue weighted by atomic mass is 19.1. The molecule has 1 N–H and O–H groups in total. The van der Waals surface area contributed by atoms with E-state index in [2.05, 4.69) is 10.3 Å². The molecule has 1 aliphatic rings. The summed E-state index contributed by atoms with van der Waals surface area (Å²) in [4.78, 5) is 23.3. The van der Waals surface area contributed by atoms with Gasteiger partial charge >= 0.3 is 6.09 Å². The molecule has 182 valence electrons. The molecule has 34 heavy (non-hydrogen) atoms. The van der Waals surface area contributed by atoms with E-state index in [1.54, 1.807) is 21.6 Å². The Morgan fingerprint density at radius 1 is 1.29 bits per heavy atom. The second kappa shape index (κ2) is 9.48. The number of halogens is 1. The average Bonchev–Trinajstić information content (AvgIpc) is 3.15. The number of amides is 1. The lowest BCUT2D eigenvalue weighted by Crippen LogP contribution is -2.47. The molecule has 0 saturated carbocycles. The normalized spacial score (nSPS) is 16.7. The fourth-order valence-corrected chi connectivity index (χ4v) is 3.97. The first-order chi connectivity index (χ1) is 16.1. The summed E-state index contributed by atoms with van der Waals surface area (Å²) >= 11 is 0. The molecule has 3 aromatic rings. The van der Waals surface area contributed by atoms with E-state index in [1.165, 1.54) is 6.20 Å². The fourth-order valence-electron chi connectivity index (χ4n) is 3.97. The van der Waals surface area contributed by atoms with Gasteiger partial charge in [-0.2, -0.15) is 0 Å². The lowest BCUT2D eigenvalue weighted by Gasteiger charge is -2.34. The van der Waals surface area contributed by atoms with Crippen molar-refractivity contribution in [2.45, 2.75) is 65.2 Å². The zero-order valence-corrected chi connectivity index (χ0v) is 20.3. The summed E-state index contributed by atoms with van der Waals surface area (Å²) in [7, 11) is 0. The lowest BCUT2D eigenvalue weighted by atomic mass is 10.1. The molecule has 9 heteroatoms. The van der Waals surface area contributed by atoms with Crippen LogP contribution in [-0.2, 0) is 4.74 Å². The number of aromatic nitrogens is 3. The first kappa shape index (κ1) is 23.8. The van der Waals surface area contributed by atoms with Crippen molar-refractivity contribution in [1.29, 1.82) is 0 Å². The summed E-state index contributed by atoms with van der Waals surface area (Å²) in [5.74, 6) is 0.401. The largest absolute Gasteiger partial charge is 0.488 e. The van der Waals surface area contributed by atoms with E-state index in [4.69, 9.17) is 14.5 Å². The molecule has 1 saturated heterocycles. The van der Waals surface area contributed by atoms with Gasteiger partial charge in [-0.05, 0) is 59.6 Å². The average molecular weight is 470 g/mol. The molecular formula is C25H32FN5O3. The van der Waals surface area contributed by atoms with Gasteiger partial charge in [0, 0.05) is 25.2 Å². The standard InChI is InChI=1S/C25H32FN5O3/c1-16(2)33-21-12-23-27-13-20(31(23)15-18(21)26)19-9-6-10-22(29-19)28-17-8-7-11-30(14-17)24(32)34-25(3,4)5/h6,9-10,12-13,15-17H,7-8,11,14H2,1-5H3,(H,28,29). The van der Waals surface area contributed by atoms with Gasteiger partial charge in [-0.1, -0.05) is 6.07 Å². The molecule has 3 aromatic heterocycles. The lowest BCUT2D eigenvalue weighted by molar-refractivity contribution is 0.0206. The first-order valence-corrected chi connectivity index (χ1v) is 11.6. The number of imidazole rings is 1. The quantitative estimate of drug-likeness (QED) is 0.558. The Morgan fingerprint density at radius 3 is 2.82 bits per heavy atom. The van der Waals surface area contributed by atoms with E-state index in [9.17, 15) is 9.18 Å². The van der Waals surface area contributed by atoms with Crippen molar-refractivity contribution in [3.63, 3.8) is 0 Å². The molecule has 1 atom stereocenters. The predicted molar refractivity (Wildman–Crippen MR) is 129 cm³/mol. The Kier molecular flexibility index (Phi) is 6.63. The summed E-state index contributed by atoms with van der Waals surface area (Å²) in [5, 5.41) is 3.44. The van der Waals surface area contributed by atoms with Crippen LogP contribution in [0.15, 0.2) is 36.7 Å². The van der Waals surface area contributed by atoms with Crippen LogP contribution >= 0.6 is 0 Å². The molecule has 8 nitrogen and oxygen atoms in total. The number of likely N-dealkylation sites (tertiary alicyclic amines) is 1. The minimum atomic E-state index is -0.525. The third kappa shape index (κ3) is 5.58. The SMILES string of the molecule is CC(C)Oc1cc2ncc(-c3cccc(NC4CCCN(C(=O)OC(C)(C)C)C4)n3)n2cc1F. The summed E-state index contributed by atoms with van der Waals surface area (Å²) in [6.45, 7) is 10.5. The van der Waals surface area contributed by atoms with E-state index in [0.29, 0.717) is 35.9 Å². The van der Waals surface area contributed by atoms with Crippen molar-refractivity contribution in [2.75, 3.05) is 18.4 Å². The summed E-state index contributed by atoms with van der Waals surface area (Å²) in [6.07, 6.45) is 4.41. The Labute approximate surface area is 199 Å². The Hall–Kier alpha value is -3.36. The zero-order valence-electron chi connectivity index (χ0n) is 20.3. The smallest absolute Gasteiger partial charge is 0.410 e. The van der Waals surface area contributed by atoms with E-state index < -0.39 is 11.4 Å². The van der Waals surface area contributed by atoms with Crippen molar-refractivity contribution in [3.8, 4) is 17.1 Å². The second-order valence-electron chi connectivity index (χ2n) is 9.84. The number of carbonyl (C=O) groups is 1. The minimum absolute atomic E-state index is 0.0550. The highest BCUT2D eigenvalue weighted by Gasteiger charge is 2.27. The van der Waals surface area contributed by atoms with Crippen molar-refractivity contribution in [3.05, 3.63) is 42.5 Å². The number of nitrogens with one attached hydrogen (secondary N) is 1. The topological polar surface area (TPSA) is 81.0 Å². The molecular weight excluding hydrogens is 437 g/mol. The number of rotatable bonds is 5.